The Morgan fingerprint density at radius 2 is 1.88 bits per heavy atom. The van der Waals surface area contributed by atoms with Crippen LogP contribution in [0, 0.1) is 0 Å². The maximum absolute atomic E-state index is 12.0. The summed E-state index contributed by atoms with van der Waals surface area (Å²) in [4.78, 5) is 3.92. The van der Waals surface area contributed by atoms with E-state index >= 15 is 0 Å². The molecule has 0 bridgehead atoms. The Morgan fingerprint density at radius 3 is 2.53 bits per heavy atom. The smallest absolute Gasteiger partial charge is 0.263 e. The summed E-state index contributed by atoms with van der Waals surface area (Å²) in [6.45, 7) is 0. The highest BCUT2D eigenvalue weighted by Crippen LogP contribution is 2.23. The zero-order valence-corrected chi connectivity index (χ0v) is 11.1. The molecular formula is C11H9BrN2O2S. The predicted molar refractivity (Wildman–Crippen MR) is 69.2 cm³/mol. The number of sulfonamides is 1. The Kier molecular flexibility index (Phi) is 3.44. The van der Waals surface area contributed by atoms with Crippen molar-refractivity contribution in [2.75, 3.05) is 4.72 Å². The van der Waals surface area contributed by atoms with E-state index in [-0.39, 0.29) is 4.90 Å². The molecule has 6 heteroatoms. The minimum atomic E-state index is -3.58. The van der Waals surface area contributed by atoms with Crippen LogP contribution in [0.15, 0.2) is 58.2 Å². The molecule has 2 aromatic rings. The van der Waals surface area contributed by atoms with Crippen LogP contribution in [-0.4, -0.2) is 13.4 Å². The first-order valence-corrected chi connectivity index (χ1v) is 7.04. The van der Waals surface area contributed by atoms with E-state index in [1.54, 1.807) is 24.3 Å². The van der Waals surface area contributed by atoms with Gasteiger partial charge in [-0.15, -0.1) is 0 Å². The van der Waals surface area contributed by atoms with E-state index in [1.807, 2.05) is 6.07 Å². The van der Waals surface area contributed by atoms with Crippen molar-refractivity contribution in [3.63, 3.8) is 0 Å². The number of halogens is 1. The van der Waals surface area contributed by atoms with E-state index in [2.05, 4.69) is 25.6 Å². The summed E-state index contributed by atoms with van der Waals surface area (Å²) in [5, 5.41) is 0. The van der Waals surface area contributed by atoms with E-state index in [4.69, 9.17) is 0 Å². The molecule has 2 rings (SSSR count). The van der Waals surface area contributed by atoms with Gasteiger partial charge in [-0.05, 0) is 40.2 Å². The van der Waals surface area contributed by atoms with E-state index < -0.39 is 10.0 Å². The SMILES string of the molecule is O=S(=O)(Nc1ccccc1Br)c1cccnc1. The van der Waals surface area contributed by atoms with Gasteiger partial charge in [-0.2, -0.15) is 0 Å². The first-order chi connectivity index (χ1) is 8.09. The summed E-state index contributed by atoms with van der Waals surface area (Å²) >= 11 is 3.28. The Bertz CT molecular complexity index is 614. The monoisotopic (exact) mass is 312 g/mol. The number of hydrogen-bond acceptors (Lipinski definition) is 3. The van der Waals surface area contributed by atoms with Crippen molar-refractivity contribution in [3.8, 4) is 0 Å². The summed E-state index contributed by atoms with van der Waals surface area (Å²) in [5.74, 6) is 0. The van der Waals surface area contributed by atoms with Gasteiger partial charge in [0.15, 0.2) is 0 Å². The van der Waals surface area contributed by atoms with Gasteiger partial charge in [-0.25, -0.2) is 8.42 Å². The second-order valence-electron chi connectivity index (χ2n) is 3.27. The van der Waals surface area contributed by atoms with Gasteiger partial charge in [0.2, 0.25) is 0 Å². The molecular weight excluding hydrogens is 304 g/mol. The molecule has 1 heterocycles. The van der Waals surface area contributed by atoms with Crippen LogP contribution in [0.4, 0.5) is 5.69 Å². The highest BCUT2D eigenvalue weighted by atomic mass is 79.9. The van der Waals surface area contributed by atoms with Gasteiger partial charge in [0.1, 0.15) is 4.90 Å². The summed E-state index contributed by atoms with van der Waals surface area (Å²) in [6, 6.07) is 10.1. The van der Waals surface area contributed by atoms with Crippen LogP contribution in [0.1, 0.15) is 0 Å². The number of hydrogen-bond donors (Lipinski definition) is 1. The summed E-state index contributed by atoms with van der Waals surface area (Å²) in [6.07, 6.45) is 2.83. The highest BCUT2D eigenvalue weighted by molar-refractivity contribution is 9.10. The molecule has 0 amide bonds. The minimum Gasteiger partial charge on any atom is -0.278 e. The second-order valence-corrected chi connectivity index (χ2v) is 5.81. The summed E-state index contributed by atoms with van der Waals surface area (Å²) in [5.41, 5.74) is 0.497. The number of nitrogens with one attached hydrogen (secondary N) is 1. The molecule has 1 N–H and O–H groups in total. The van der Waals surface area contributed by atoms with Gasteiger partial charge in [0.05, 0.1) is 5.69 Å². The van der Waals surface area contributed by atoms with Gasteiger partial charge in [0, 0.05) is 16.9 Å². The molecule has 4 nitrogen and oxygen atoms in total. The lowest BCUT2D eigenvalue weighted by Gasteiger charge is -2.08. The molecule has 17 heavy (non-hydrogen) atoms. The van der Waals surface area contributed by atoms with Crippen LogP contribution in [0.25, 0.3) is 0 Å². The number of nitrogens with zero attached hydrogens (tertiary/aromatic N) is 1. The van der Waals surface area contributed by atoms with Crippen molar-refractivity contribution < 1.29 is 8.42 Å². The molecule has 0 atom stereocenters. The Hall–Kier alpha value is -1.40. The topological polar surface area (TPSA) is 59.1 Å². The predicted octanol–water partition coefficient (Wildman–Crippen LogP) is 2.64. The fourth-order valence-electron chi connectivity index (χ4n) is 1.25. The average Bonchev–Trinajstić information content (AvgIpc) is 2.33. The number of benzene rings is 1. The third-order valence-corrected chi connectivity index (χ3v) is 4.11. The lowest BCUT2D eigenvalue weighted by Crippen LogP contribution is -2.13. The van der Waals surface area contributed by atoms with Crippen molar-refractivity contribution in [2.24, 2.45) is 0 Å². The molecule has 1 aromatic carbocycles. The first kappa shape index (κ1) is 12.1. The lowest BCUT2D eigenvalue weighted by atomic mass is 10.3. The number of aromatic nitrogens is 1. The molecule has 0 aliphatic rings. The zero-order chi connectivity index (χ0) is 12.3. The number of rotatable bonds is 3. The Morgan fingerprint density at radius 1 is 1.12 bits per heavy atom. The van der Waals surface area contributed by atoms with Crippen LogP contribution in [-0.2, 0) is 10.0 Å². The van der Waals surface area contributed by atoms with E-state index in [0.717, 1.165) is 0 Å². The van der Waals surface area contributed by atoms with E-state index in [0.29, 0.717) is 10.2 Å². The maximum atomic E-state index is 12.0. The quantitative estimate of drug-likeness (QED) is 0.947. The maximum Gasteiger partial charge on any atom is 0.263 e. The van der Waals surface area contributed by atoms with Crippen molar-refractivity contribution in [3.05, 3.63) is 53.3 Å². The van der Waals surface area contributed by atoms with Gasteiger partial charge in [-0.1, -0.05) is 12.1 Å². The zero-order valence-electron chi connectivity index (χ0n) is 8.67. The third kappa shape index (κ3) is 2.83. The Labute approximate surface area is 108 Å². The summed E-state index contributed by atoms with van der Waals surface area (Å²) < 4.78 is 27.1. The molecule has 0 saturated heterocycles. The molecule has 0 fully saturated rings. The third-order valence-electron chi connectivity index (χ3n) is 2.06. The fraction of sp³-hybridized carbons (Fsp3) is 0. The van der Waals surface area contributed by atoms with Crippen molar-refractivity contribution in [1.29, 1.82) is 0 Å². The van der Waals surface area contributed by atoms with Crippen LogP contribution >= 0.6 is 15.9 Å². The van der Waals surface area contributed by atoms with Gasteiger partial charge in [0.25, 0.3) is 10.0 Å². The van der Waals surface area contributed by atoms with Crippen molar-refractivity contribution >= 4 is 31.6 Å². The fourth-order valence-corrected chi connectivity index (χ4v) is 2.81. The molecule has 0 radical (unpaired) electrons. The largest absolute Gasteiger partial charge is 0.278 e. The molecule has 88 valence electrons. The molecule has 0 unspecified atom stereocenters. The number of anilines is 1. The lowest BCUT2D eigenvalue weighted by molar-refractivity contribution is 0.601. The first-order valence-electron chi connectivity index (χ1n) is 4.77. The standard InChI is InChI=1S/C11H9BrN2O2S/c12-10-5-1-2-6-11(10)14-17(15,16)9-4-3-7-13-8-9/h1-8,14H. The van der Waals surface area contributed by atoms with Crippen LogP contribution in [0.2, 0.25) is 0 Å². The van der Waals surface area contributed by atoms with Gasteiger partial charge >= 0.3 is 0 Å². The normalized spacial score (nSPS) is 11.1. The van der Waals surface area contributed by atoms with Gasteiger partial charge in [-0.3, -0.25) is 9.71 Å². The van der Waals surface area contributed by atoms with Gasteiger partial charge < -0.3 is 0 Å². The molecule has 1 aromatic heterocycles. The van der Waals surface area contributed by atoms with Crippen molar-refractivity contribution in [2.45, 2.75) is 4.90 Å². The van der Waals surface area contributed by atoms with Crippen LogP contribution in [0.3, 0.4) is 0 Å². The van der Waals surface area contributed by atoms with E-state index in [1.165, 1.54) is 18.5 Å². The van der Waals surface area contributed by atoms with E-state index in [9.17, 15) is 8.42 Å². The van der Waals surface area contributed by atoms with Crippen LogP contribution in [0.5, 0.6) is 0 Å². The summed E-state index contributed by atoms with van der Waals surface area (Å²) in [7, 11) is -3.58. The highest BCUT2D eigenvalue weighted by Gasteiger charge is 2.14. The molecule has 0 aliphatic heterocycles. The minimum absolute atomic E-state index is 0.135. The van der Waals surface area contributed by atoms with Crippen molar-refractivity contribution in [1.82, 2.24) is 4.98 Å². The number of para-hydroxylation sites is 1. The molecule has 0 spiro atoms. The number of pyridine rings is 1. The average molecular weight is 313 g/mol. The second kappa shape index (κ2) is 4.85. The molecule has 0 saturated carbocycles. The van der Waals surface area contributed by atoms with Crippen LogP contribution < -0.4 is 4.72 Å². The Balaban J connectivity index is 2.34. The molecule has 0 aliphatic carbocycles.